The van der Waals surface area contributed by atoms with Crippen LogP contribution < -0.4 is 4.90 Å². The normalized spacial score (nSPS) is 28.8. The van der Waals surface area contributed by atoms with Gasteiger partial charge in [-0.1, -0.05) is 18.2 Å². The third-order valence-corrected chi connectivity index (χ3v) is 6.35. The van der Waals surface area contributed by atoms with Gasteiger partial charge in [-0.2, -0.15) is 0 Å². The maximum absolute atomic E-state index is 13.6. The zero-order valence-electron chi connectivity index (χ0n) is 16.8. The maximum atomic E-state index is 13.6. The SMILES string of the molecule is Cc1cc(F)ccc1N1C[C@]23C=C[C@H](O2)[C@@H](C(=O)N(C)Cc2cccnc2)[C@H]3C1=O. The molecule has 2 aromatic rings. The van der Waals surface area contributed by atoms with Crippen LogP contribution in [0.25, 0.3) is 0 Å². The Kier molecular flexibility index (Phi) is 4.25. The minimum absolute atomic E-state index is 0.119. The lowest BCUT2D eigenvalue weighted by Crippen LogP contribution is -2.44. The molecule has 2 bridgehead atoms. The largest absolute Gasteiger partial charge is 0.360 e. The van der Waals surface area contributed by atoms with Crippen molar-refractivity contribution in [2.75, 3.05) is 18.5 Å². The number of nitrogens with zero attached hydrogens (tertiary/aromatic N) is 3. The number of rotatable bonds is 4. The van der Waals surface area contributed by atoms with E-state index in [2.05, 4.69) is 4.98 Å². The minimum atomic E-state index is -0.807. The van der Waals surface area contributed by atoms with E-state index in [4.69, 9.17) is 4.74 Å². The first-order valence-corrected chi connectivity index (χ1v) is 9.98. The number of fused-ring (bicyclic) bond motifs is 1. The van der Waals surface area contributed by atoms with Gasteiger partial charge in [0.1, 0.15) is 11.4 Å². The van der Waals surface area contributed by atoms with Crippen molar-refractivity contribution in [3.8, 4) is 0 Å². The lowest BCUT2D eigenvalue weighted by molar-refractivity contribution is -0.139. The number of hydrogen-bond acceptors (Lipinski definition) is 4. The Labute approximate surface area is 174 Å². The lowest BCUT2D eigenvalue weighted by atomic mass is 9.76. The first kappa shape index (κ1) is 18.9. The summed E-state index contributed by atoms with van der Waals surface area (Å²) in [5.74, 6) is -1.77. The highest BCUT2D eigenvalue weighted by Crippen LogP contribution is 2.53. The second-order valence-electron chi connectivity index (χ2n) is 8.31. The summed E-state index contributed by atoms with van der Waals surface area (Å²) >= 11 is 0. The predicted molar refractivity (Wildman–Crippen MR) is 108 cm³/mol. The zero-order valence-corrected chi connectivity index (χ0v) is 16.8. The summed E-state index contributed by atoms with van der Waals surface area (Å²) in [4.78, 5) is 34.1. The Hall–Kier alpha value is -3.06. The molecule has 0 saturated carbocycles. The van der Waals surface area contributed by atoms with Gasteiger partial charge in [-0.25, -0.2) is 4.39 Å². The summed E-state index contributed by atoms with van der Waals surface area (Å²) in [6, 6.07) is 8.11. The van der Waals surface area contributed by atoms with E-state index in [9.17, 15) is 14.0 Å². The van der Waals surface area contributed by atoms with Crippen LogP contribution in [0.4, 0.5) is 10.1 Å². The molecule has 1 aromatic heterocycles. The fraction of sp³-hybridized carbons (Fsp3) is 0.348. The van der Waals surface area contributed by atoms with Crippen LogP contribution in [0, 0.1) is 24.6 Å². The summed E-state index contributed by atoms with van der Waals surface area (Å²) in [5.41, 5.74) is 1.44. The molecule has 0 unspecified atom stereocenters. The number of hydrogen-bond donors (Lipinski definition) is 0. The Morgan fingerprint density at radius 3 is 2.97 bits per heavy atom. The van der Waals surface area contributed by atoms with Gasteiger partial charge in [-0.3, -0.25) is 14.6 Å². The van der Waals surface area contributed by atoms with Crippen molar-refractivity contribution in [2.45, 2.75) is 25.2 Å². The van der Waals surface area contributed by atoms with Crippen LogP contribution >= 0.6 is 0 Å². The van der Waals surface area contributed by atoms with Crippen LogP contribution in [-0.2, 0) is 20.9 Å². The van der Waals surface area contributed by atoms with E-state index in [0.717, 1.165) is 5.56 Å². The molecule has 2 saturated heterocycles. The van der Waals surface area contributed by atoms with Crippen molar-refractivity contribution in [2.24, 2.45) is 11.8 Å². The average molecular weight is 407 g/mol. The van der Waals surface area contributed by atoms with Crippen LogP contribution in [0.5, 0.6) is 0 Å². The molecule has 4 atom stereocenters. The van der Waals surface area contributed by atoms with Gasteiger partial charge in [0, 0.05) is 31.7 Å². The van der Waals surface area contributed by atoms with Gasteiger partial charge in [0.05, 0.1) is 24.5 Å². The van der Waals surface area contributed by atoms with E-state index in [1.807, 2.05) is 24.3 Å². The van der Waals surface area contributed by atoms with Crippen LogP contribution in [0.2, 0.25) is 0 Å². The van der Waals surface area contributed by atoms with Gasteiger partial charge < -0.3 is 14.5 Å². The highest BCUT2D eigenvalue weighted by atomic mass is 19.1. The number of carbonyl (C=O) groups is 2. The molecular weight excluding hydrogens is 385 g/mol. The Bertz CT molecular complexity index is 1060. The number of aromatic nitrogens is 1. The molecule has 0 radical (unpaired) electrons. The topological polar surface area (TPSA) is 62.7 Å². The molecule has 5 rings (SSSR count). The Balaban J connectivity index is 1.43. The second kappa shape index (κ2) is 6.74. The highest BCUT2D eigenvalue weighted by Gasteiger charge is 2.67. The van der Waals surface area contributed by atoms with Crippen molar-refractivity contribution in [3.63, 3.8) is 0 Å². The molecule has 0 N–H and O–H groups in total. The molecule has 1 spiro atoms. The van der Waals surface area contributed by atoms with Crippen LogP contribution in [0.1, 0.15) is 11.1 Å². The van der Waals surface area contributed by atoms with Crippen molar-refractivity contribution >= 4 is 17.5 Å². The number of carbonyl (C=O) groups excluding carboxylic acids is 2. The first-order chi connectivity index (χ1) is 14.4. The van der Waals surface area contributed by atoms with Gasteiger partial charge in [0.25, 0.3) is 0 Å². The van der Waals surface area contributed by atoms with Gasteiger partial charge in [-0.15, -0.1) is 0 Å². The zero-order chi connectivity index (χ0) is 21.0. The maximum Gasteiger partial charge on any atom is 0.234 e. The molecule has 2 fully saturated rings. The average Bonchev–Trinajstić information content (AvgIpc) is 3.36. The van der Waals surface area contributed by atoms with Crippen molar-refractivity contribution in [3.05, 3.63) is 71.8 Å². The lowest BCUT2D eigenvalue weighted by Gasteiger charge is -2.28. The van der Waals surface area contributed by atoms with E-state index in [1.54, 1.807) is 42.2 Å². The highest BCUT2D eigenvalue weighted by molar-refractivity contribution is 6.03. The summed E-state index contributed by atoms with van der Waals surface area (Å²) in [6.07, 6.45) is 6.82. The van der Waals surface area contributed by atoms with E-state index >= 15 is 0 Å². The molecule has 3 aliphatic rings. The smallest absolute Gasteiger partial charge is 0.234 e. The van der Waals surface area contributed by atoms with E-state index in [-0.39, 0.29) is 17.6 Å². The Morgan fingerprint density at radius 1 is 1.40 bits per heavy atom. The van der Waals surface area contributed by atoms with Gasteiger partial charge in [0.2, 0.25) is 11.8 Å². The standard InChI is InChI=1S/C23H22FN3O3/c1-14-10-16(24)5-6-17(14)27-13-23-8-7-18(30-23)19(20(23)22(27)29)21(28)26(2)12-15-4-3-9-25-11-15/h3-11,18-20H,12-13H2,1-2H3/t18-,19+,20-,23-/m0/s1. The molecule has 1 aromatic carbocycles. The van der Waals surface area contributed by atoms with Gasteiger partial charge in [0.15, 0.2) is 0 Å². The minimum Gasteiger partial charge on any atom is -0.360 e. The van der Waals surface area contributed by atoms with Crippen LogP contribution in [0.15, 0.2) is 54.9 Å². The Morgan fingerprint density at radius 2 is 2.23 bits per heavy atom. The summed E-state index contributed by atoms with van der Waals surface area (Å²) in [6.45, 7) is 2.51. The summed E-state index contributed by atoms with van der Waals surface area (Å²) < 4.78 is 19.7. The second-order valence-corrected chi connectivity index (χ2v) is 8.31. The van der Waals surface area contributed by atoms with E-state index in [0.29, 0.717) is 24.3 Å². The third kappa shape index (κ3) is 2.76. The quantitative estimate of drug-likeness (QED) is 0.731. The first-order valence-electron chi connectivity index (χ1n) is 9.98. The van der Waals surface area contributed by atoms with Gasteiger partial charge in [-0.05, 0) is 42.3 Å². The molecule has 154 valence electrons. The van der Waals surface area contributed by atoms with E-state index in [1.165, 1.54) is 12.1 Å². The molecule has 30 heavy (non-hydrogen) atoms. The monoisotopic (exact) mass is 407 g/mol. The fourth-order valence-corrected chi connectivity index (χ4v) is 5.00. The molecule has 3 aliphatic heterocycles. The molecule has 6 nitrogen and oxygen atoms in total. The number of ether oxygens (including phenoxy) is 1. The number of pyridine rings is 1. The number of anilines is 1. The summed E-state index contributed by atoms with van der Waals surface area (Å²) in [7, 11) is 1.74. The molecule has 4 heterocycles. The predicted octanol–water partition coefficient (Wildman–Crippen LogP) is 2.47. The number of amides is 2. The van der Waals surface area contributed by atoms with Crippen molar-refractivity contribution < 1.29 is 18.7 Å². The van der Waals surface area contributed by atoms with Gasteiger partial charge >= 0.3 is 0 Å². The number of halogens is 1. The van der Waals surface area contributed by atoms with Crippen molar-refractivity contribution in [1.82, 2.24) is 9.88 Å². The molecule has 0 aliphatic carbocycles. The third-order valence-electron chi connectivity index (χ3n) is 6.35. The van der Waals surface area contributed by atoms with Crippen LogP contribution in [-0.4, -0.2) is 47.0 Å². The molecule has 2 amide bonds. The number of benzene rings is 1. The van der Waals surface area contributed by atoms with Crippen molar-refractivity contribution in [1.29, 1.82) is 0 Å². The summed E-state index contributed by atoms with van der Waals surface area (Å²) in [5, 5.41) is 0. The fourth-order valence-electron chi connectivity index (χ4n) is 5.00. The number of aryl methyl sites for hydroxylation is 1. The van der Waals surface area contributed by atoms with Crippen LogP contribution in [0.3, 0.4) is 0 Å². The molecular formula is C23H22FN3O3. The van der Waals surface area contributed by atoms with E-state index < -0.39 is 23.5 Å². The molecule has 7 heteroatoms.